The summed E-state index contributed by atoms with van der Waals surface area (Å²) in [7, 11) is 0. The smallest absolute Gasteiger partial charge is 0.293 e. The Kier molecular flexibility index (Phi) is 3.21. The highest BCUT2D eigenvalue weighted by Gasteiger charge is 2.00. The van der Waals surface area contributed by atoms with E-state index in [4.69, 9.17) is 10.8 Å². The van der Waals surface area contributed by atoms with Gasteiger partial charge >= 0.3 is 0 Å². The van der Waals surface area contributed by atoms with Crippen molar-refractivity contribution in [2.75, 3.05) is 0 Å². The predicted octanol–water partition coefficient (Wildman–Crippen LogP) is 0.155. The number of aliphatic hydroxyl groups excluding tert-OH is 1. The minimum absolute atomic E-state index is 0.189. The Bertz CT molecular complexity index is 418. The van der Waals surface area contributed by atoms with E-state index in [0.29, 0.717) is 5.56 Å². The van der Waals surface area contributed by atoms with Crippen LogP contribution >= 0.6 is 0 Å². The fourth-order valence-electron chi connectivity index (χ4n) is 0.887. The first kappa shape index (κ1) is 10.2. The summed E-state index contributed by atoms with van der Waals surface area (Å²) in [5.74, 6) is 3.16. The Balaban J connectivity index is 2.99. The summed E-state index contributed by atoms with van der Waals surface area (Å²) in [5.41, 5.74) is 5.32. The van der Waals surface area contributed by atoms with Gasteiger partial charge in [0.15, 0.2) is 0 Å². The molecular formula is C10H8FNO2. The highest BCUT2D eigenvalue weighted by atomic mass is 19.1. The van der Waals surface area contributed by atoms with Gasteiger partial charge in [0.2, 0.25) is 0 Å². The molecule has 0 radical (unpaired) electrons. The molecule has 4 heteroatoms. The monoisotopic (exact) mass is 193 g/mol. The van der Waals surface area contributed by atoms with Crippen LogP contribution in [0.25, 0.3) is 0 Å². The Morgan fingerprint density at radius 1 is 1.57 bits per heavy atom. The second-order valence-corrected chi connectivity index (χ2v) is 2.58. The number of halogens is 1. The molecule has 0 heterocycles. The normalized spacial score (nSPS) is 9.00. The van der Waals surface area contributed by atoms with Gasteiger partial charge in [0.25, 0.3) is 5.91 Å². The van der Waals surface area contributed by atoms with Gasteiger partial charge in [0.05, 0.1) is 6.61 Å². The minimum Gasteiger partial charge on any atom is -0.392 e. The van der Waals surface area contributed by atoms with Crippen LogP contribution < -0.4 is 5.73 Å². The summed E-state index contributed by atoms with van der Waals surface area (Å²) in [5, 5.41) is 8.68. The molecule has 0 bridgehead atoms. The third-order valence-corrected chi connectivity index (χ3v) is 1.55. The highest BCUT2D eigenvalue weighted by Crippen LogP contribution is 2.09. The van der Waals surface area contributed by atoms with Gasteiger partial charge in [-0.1, -0.05) is 12.0 Å². The number of amides is 1. The first-order chi connectivity index (χ1) is 6.63. The van der Waals surface area contributed by atoms with Gasteiger partial charge < -0.3 is 10.8 Å². The number of hydrogen-bond donors (Lipinski definition) is 2. The molecule has 0 fully saturated rings. The molecule has 1 amide bonds. The Hall–Kier alpha value is -1.86. The number of rotatable bonds is 1. The molecule has 0 aromatic heterocycles. The second-order valence-electron chi connectivity index (χ2n) is 2.58. The van der Waals surface area contributed by atoms with Crippen LogP contribution in [0.2, 0.25) is 0 Å². The van der Waals surface area contributed by atoms with Gasteiger partial charge in [-0.25, -0.2) is 4.39 Å². The number of primary amides is 1. The van der Waals surface area contributed by atoms with E-state index in [1.54, 1.807) is 0 Å². The molecule has 0 atom stereocenters. The van der Waals surface area contributed by atoms with Crippen LogP contribution in [0.15, 0.2) is 18.2 Å². The standard InChI is InChI=1S/C10H8FNO2/c11-9-5-7(2-4-10(12)14)1-3-8(9)6-13/h1,3,5,13H,6H2,(H2,12,14). The summed E-state index contributed by atoms with van der Waals surface area (Å²) < 4.78 is 13.0. The Labute approximate surface area is 80.4 Å². The van der Waals surface area contributed by atoms with Crippen molar-refractivity contribution in [3.8, 4) is 11.8 Å². The molecular weight excluding hydrogens is 185 g/mol. The molecule has 1 rings (SSSR count). The van der Waals surface area contributed by atoms with Crippen molar-refractivity contribution in [3.05, 3.63) is 35.1 Å². The number of benzene rings is 1. The summed E-state index contributed by atoms with van der Waals surface area (Å²) in [6.07, 6.45) is 0. The fourth-order valence-corrected chi connectivity index (χ4v) is 0.887. The van der Waals surface area contributed by atoms with Crippen molar-refractivity contribution in [3.63, 3.8) is 0 Å². The zero-order valence-corrected chi connectivity index (χ0v) is 7.25. The summed E-state index contributed by atoms with van der Waals surface area (Å²) >= 11 is 0. The average molecular weight is 193 g/mol. The van der Waals surface area contributed by atoms with E-state index < -0.39 is 11.7 Å². The van der Waals surface area contributed by atoms with E-state index in [1.165, 1.54) is 12.1 Å². The molecule has 0 aliphatic rings. The molecule has 14 heavy (non-hydrogen) atoms. The third-order valence-electron chi connectivity index (χ3n) is 1.55. The molecule has 0 aliphatic heterocycles. The molecule has 3 nitrogen and oxygen atoms in total. The summed E-state index contributed by atoms with van der Waals surface area (Å²) in [4.78, 5) is 10.3. The van der Waals surface area contributed by atoms with Crippen LogP contribution in [-0.2, 0) is 11.4 Å². The van der Waals surface area contributed by atoms with Gasteiger partial charge in [-0.15, -0.1) is 0 Å². The van der Waals surface area contributed by atoms with E-state index in [0.717, 1.165) is 6.07 Å². The lowest BCUT2D eigenvalue weighted by molar-refractivity contribution is -0.112. The SMILES string of the molecule is NC(=O)C#Cc1ccc(CO)c(F)c1. The van der Waals surface area contributed by atoms with Crippen molar-refractivity contribution in [1.82, 2.24) is 0 Å². The number of carbonyl (C=O) groups is 1. The topological polar surface area (TPSA) is 63.3 Å². The van der Waals surface area contributed by atoms with Crippen molar-refractivity contribution in [2.24, 2.45) is 5.73 Å². The zero-order valence-electron chi connectivity index (χ0n) is 7.25. The van der Waals surface area contributed by atoms with E-state index >= 15 is 0 Å². The number of nitrogens with two attached hydrogens (primary N) is 1. The maximum absolute atomic E-state index is 13.0. The van der Waals surface area contributed by atoms with Gasteiger partial charge in [0.1, 0.15) is 5.82 Å². The molecule has 0 saturated carbocycles. The second kappa shape index (κ2) is 4.40. The lowest BCUT2D eigenvalue weighted by atomic mass is 10.1. The van der Waals surface area contributed by atoms with Crippen LogP contribution in [0.1, 0.15) is 11.1 Å². The van der Waals surface area contributed by atoms with E-state index in [1.807, 2.05) is 0 Å². The van der Waals surface area contributed by atoms with Crippen molar-refractivity contribution < 1.29 is 14.3 Å². The van der Waals surface area contributed by atoms with Crippen molar-refractivity contribution >= 4 is 5.91 Å². The maximum Gasteiger partial charge on any atom is 0.293 e. The predicted molar refractivity (Wildman–Crippen MR) is 48.4 cm³/mol. The molecule has 1 aromatic rings. The molecule has 0 aliphatic carbocycles. The van der Waals surface area contributed by atoms with Crippen LogP contribution in [0.4, 0.5) is 4.39 Å². The van der Waals surface area contributed by atoms with E-state index in [-0.39, 0.29) is 12.2 Å². The largest absolute Gasteiger partial charge is 0.392 e. The molecule has 0 spiro atoms. The van der Waals surface area contributed by atoms with Gasteiger partial charge in [-0.2, -0.15) is 0 Å². The molecule has 1 aromatic carbocycles. The van der Waals surface area contributed by atoms with Crippen LogP contribution in [0, 0.1) is 17.7 Å². The van der Waals surface area contributed by atoms with Crippen LogP contribution in [0.3, 0.4) is 0 Å². The fraction of sp³-hybridized carbons (Fsp3) is 0.100. The average Bonchev–Trinajstić information content (AvgIpc) is 2.15. The summed E-state index contributed by atoms with van der Waals surface area (Å²) in [6.45, 7) is -0.366. The lowest BCUT2D eigenvalue weighted by Crippen LogP contribution is -2.06. The summed E-state index contributed by atoms with van der Waals surface area (Å²) in [6, 6.07) is 4.05. The highest BCUT2D eigenvalue weighted by molar-refractivity contribution is 5.92. The molecule has 72 valence electrons. The first-order valence-electron chi connectivity index (χ1n) is 3.84. The van der Waals surface area contributed by atoms with Crippen LogP contribution in [-0.4, -0.2) is 11.0 Å². The zero-order chi connectivity index (χ0) is 10.6. The third kappa shape index (κ3) is 2.57. The minimum atomic E-state index is -0.767. The van der Waals surface area contributed by atoms with Crippen molar-refractivity contribution in [2.45, 2.75) is 6.61 Å². The Morgan fingerprint density at radius 3 is 2.79 bits per heavy atom. The van der Waals surface area contributed by atoms with Crippen molar-refractivity contribution in [1.29, 1.82) is 0 Å². The molecule has 0 unspecified atom stereocenters. The molecule has 0 saturated heterocycles. The number of hydrogen-bond acceptors (Lipinski definition) is 2. The number of carbonyl (C=O) groups excluding carboxylic acids is 1. The molecule has 3 N–H and O–H groups in total. The van der Waals surface area contributed by atoms with E-state index in [9.17, 15) is 9.18 Å². The maximum atomic E-state index is 13.0. The lowest BCUT2D eigenvalue weighted by Gasteiger charge is -1.98. The first-order valence-corrected chi connectivity index (χ1v) is 3.84. The van der Waals surface area contributed by atoms with Gasteiger partial charge in [0, 0.05) is 11.1 Å². The van der Waals surface area contributed by atoms with Gasteiger partial charge in [-0.3, -0.25) is 4.79 Å². The van der Waals surface area contributed by atoms with Gasteiger partial charge in [-0.05, 0) is 18.1 Å². The quantitative estimate of drug-likeness (QED) is 0.624. The van der Waals surface area contributed by atoms with E-state index in [2.05, 4.69) is 11.8 Å². The Morgan fingerprint density at radius 2 is 2.29 bits per heavy atom. The van der Waals surface area contributed by atoms with Crippen LogP contribution in [0.5, 0.6) is 0 Å². The number of aliphatic hydroxyl groups is 1.